The summed E-state index contributed by atoms with van der Waals surface area (Å²) in [5.74, 6) is -3.91. The van der Waals surface area contributed by atoms with Crippen LogP contribution in [-0.2, 0) is 31.1 Å². The molecule has 2 heterocycles. The van der Waals surface area contributed by atoms with Crippen LogP contribution in [0.1, 0.15) is 40.3 Å². The molecule has 1 saturated carbocycles. The Bertz CT molecular complexity index is 2070. The number of imide groups is 1. The van der Waals surface area contributed by atoms with Gasteiger partial charge in [0.1, 0.15) is 0 Å². The van der Waals surface area contributed by atoms with E-state index in [0.29, 0.717) is 33.2 Å². The van der Waals surface area contributed by atoms with Crippen LogP contribution in [-0.4, -0.2) is 40.5 Å². The Labute approximate surface area is 296 Å². The number of amides is 2. The summed E-state index contributed by atoms with van der Waals surface area (Å²) in [4.78, 5) is 60.7. The molecule has 3 aliphatic carbocycles. The van der Waals surface area contributed by atoms with E-state index >= 15 is 9.59 Å². The quantitative estimate of drug-likeness (QED) is 0.166. The smallest absolute Gasteiger partial charge is 0.234 e. The number of ether oxygens (including phenoxy) is 1. The zero-order valence-electron chi connectivity index (χ0n) is 26.5. The molecule has 1 N–H and O–H groups in total. The van der Waals surface area contributed by atoms with Gasteiger partial charge in [-0.3, -0.25) is 24.1 Å². The molecular weight excluding hydrogens is 702 g/mol. The van der Waals surface area contributed by atoms with Crippen molar-refractivity contribution < 1.29 is 29.0 Å². The maximum Gasteiger partial charge on any atom is 0.234 e. The number of halogens is 1. The molecule has 6 atom stereocenters. The number of Topliss-reactive ketones (excluding diaryl/α,β-unsaturated/α-hetero) is 1. The summed E-state index contributed by atoms with van der Waals surface area (Å²) in [6.45, 7) is 0.214. The number of ketones is 2. The van der Waals surface area contributed by atoms with Crippen LogP contribution in [0.15, 0.2) is 113 Å². The number of allylic oxidation sites excluding steroid dienone is 4. The van der Waals surface area contributed by atoms with Crippen molar-refractivity contribution in [2.75, 3.05) is 7.11 Å². The molecule has 8 rings (SSSR count). The van der Waals surface area contributed by atoms with E-state index in [2.05, 4.69) is 15.9 Å². The van der Waals surface area contributed by atoms with Gasteiger partial charge in [-0.25, -0.2) is 0 Å². The van der Waals surface area contributed by atoms with Crippen molar-refractivity contribution >= 4 is 56.2 Å². The highest BCUT2D eigenvalue weighted by Gasteiger charge is 2.66. The minimum atomic E-state index is -1.37. The zero-order chi connectivity index (χ0) is 34.0. The lowest BCUT2D eigenvalue weighted by molar-refractivity contribution is -0.141. The Balaban J connectivity index is 1.37. The Morgan fingerprint density at radius 1 is 0.939 bits per heavy atom. The first-order valence-corrected chi connectivity index (χ1v) is 18.0. The summed E-state index contributed by atoms with van der Waals surface area (Å²) in [6.07, 6.45) is 4.12. The molecule has 1 aliphatic heterocycles. The minimum absolute atomic E-state index is 0.0836. The van der Waals surface area contributed by atoms with Crippen LogP contribution in [0.3, 0.4) is 0 Å². The van der Waals surface area contributed by atoms with E-state index < -0.39 is 35.0 Å². The molecule has 0 bridgehead atoms. The molecule has 0 unspecified atom stereocenters. The van der Waals surface area contributed by atoms with Crippen LogP contribution in [0.25, 0.3) is 5.57 Å². The molecule has 1 saturated heterocycles. The van der Waals surface area contributed by atoms with Crippen LogP contribution in [0.2, 0.25) is 0 Å². The van der Waals surface area contributed by atoms with Crippen molar-refractivity contribution in [3.63, 3.8) is 0 Å². The largest absolute Gasteiger partial charge is 0.503 e. The predicted octanol–water partition coefficient (Wildman–Crippen LogP) is 7.25. The number of thiophene rings is 1. The third-order valence-electron chi connectivity index (χ3n) is 11.0. The fourth-order valence-electron chi connectivity index (χ4n) is 8.94. The lowest BCUT2D eigenvalue weighted by Gasteiger charge is -2.55. The van der Waals surface area contributed by atoms with Crippen LogP contribution in [0.4, 0.5) is 0 Å². The number of phenolic OH excluding ortho intramolecular Hbond substituents is 1. The maximum atomic E-state index is 15.1. The number of carbonyl (C=O) groups excluding carboxylic acids is 4. The Morgan fingerprint density at radius 2 is 1.67 bits per heavy atom. The van der Waals surface area contributed by atoms with Gasteiger partial charge < -0.3 is 9.84 Å². The van der Waals surface area contributed by atoms with E-state index in [1.807, 2.05) is 84.3 Å². The Kier molecular flexibility index (Phi) is 7.80. The van der Waals surface area contributed by atoms with E-state index in [4.69, 9.17) is 4.74 Å². The molecule has 7 nitrogen and oxygen atoms in total. The lowest BCUT2D eigenvalue weighted by Crippen LogP contribution is -2.58. The first kappa shape index (κ1) is 31.7. The molecule has 2 amide bonds. The van der Waals surface area contributed by atoms with E-state index in [9.17, 15) is 14.7 Å². The highest BCUT2D eigenvalue weighted by Crippen LogP contribution is 2.64. The monoisotopic (exact) mass is 733 g/mol. The third-order valence-corrected chi connectivity index (χ3v) is 12.4. The topological polar surface area (TPSA) is 101 Å². The number of methoxy groups -OCH3 is 1. The molecule has 2 fully saturated rings. The summed E-state index contributed by atoms with van der Waals surface area (Å²) in [5, 5.41) is 12.8. The number of nitrogens with zero attached hydrogens (tertiary/aromatic N) is 1. The average molecular weight is 735 g/mol. The third kappa shape index (κ3) is 4.73. The van der Waals surface area contributed by atoms with Crippen molar-refractivity contribution in [1.29, 1.82) is 0 Å². The number of hydrogen-bond acceptors (Lipinski definition) is 7. The van der Waals surface area contributed by atoms with Crippen molar-refractivity contribution in [2.45, 2.75) is 30.7 Å². The molecule has 0 spiro atoms. The molecule has 9 heteroatoms. The van der Waals surface area contributed by atoms with E-state index in [1.54, 1.807) is 12.1 Å². The van der Waals surface area contributed by atoms with E-state index in [-0.39, 0.29) is 47.8 Å². The summed E-state index contributed by atoms with van der Waals surface area (Å²) in [6, 6.07) is 26.0. The fraction of sp³-hybridized carbons (Fsp3) is 0.250. The second-order valence-electron chi connectivity index (χ2n) is 13.2. The minimum Gasteiger partial charge on any atom is -0.503 e. The van der Waals surface area contributed by atoms with Gasteiger partial charge in [0.25, 0.3) is 0 Å². The van der Waals surface area contributed by atoms with Gasteiger partial charge in [-0.15, -0.1) is 11.3 Å². The standard InChI is InChI=1S/C40H32BrNO6S/c1-48-32-18-23(17-31(41)37(32)45)35-26-14-15-27-34(39(47)42(38(27)46)21-25-13-8-16-49-25)29(26)19-30-36(44)28(22-9-4-2-5-10-22)20-33(43)40(30,35)24-11-6-3-7-12-24/h2-14,16-18,20,27,29-30,34-35,45H,15,19,21H2,1H3/t27-,29+,30-,34-,35-,40-/m0/s1. The van der Waals surface area contributed by atoms with Gasteiger partial charge in [0.2, 0.25) is 11.8 Å². The Hall–Kier alpha value is -4.60. The molecule has 1 aromatic heterocycles. The maximum absolute atomic E-state index is 15.1. The molecule has 4 aliphatic rings. The number of likely N-dealkylation sites (tertiary alicyclic amines) is 1. The van der Waals surface area contributed by atoms with Gasteiger partial charge in [-0.2, -0.15) is 0 Å². The number of aromatic hydroxyl groups is 1. The Morgan fingerprint density at radius 3 is 2.37 bits per heavy atom. The van der Waals surface area contributed by atoms with Gasteiger partial charge in [0.05, 0.1) is 35.4 Å². The molecule has 49 heavy (non-hydrogen) atoms. The zero-order valence-corrected chi connectivity index (χ0v) is 28.9. The number of phenols is 1. The highest BCUT2D eigenvalue weighted by molar-refractivity contribution is 9.10. The van der Waals surface area contributed by atoms with Crippen molar-refractivity contribution in [1.82, 2.24) is 4.90 Å². The van der Waals surface area contributed by atoms with Gasteiger partial charge >= 0.3 is 0 Å². The molecular formula is C40H32BrNO6S. The average Bonchev–Trinajstić information content (AvgIpc) is 3.73. The van der Waals surface area contributed by atoms with Gasteiger partial charge in [0, 0.05) is 22.3 Å². The van der Waals surface area contributed by atoms with Crippen molar-refractivity contribution in [3.8, 4) is 11.5 Å². The lowest BCUT2D eigenvalue weighted by atomic mass is 9.44. The van der Waals surface area contributed by atoms with E-state index in [0.717, 1.165) is 10.5 Å². The summed E-state index contributed by atoms with van der Waals surface area (Å²) in [7, 11) is 1.46. The molecule has 3 aromatic carbocycles. The fourth-order valence-corrected chi connectivity index (χ4v) is 10.1. The van der Waals surface area contributed by atoms with Crippen molar-refractivity contribution in [3.05, 3.63) is 134 Å². The van der Waals surface area contributed by atoms with Gasteiger partial charge in [0.15, 0.2) is 23.1 Å². The summed E-state index contributed by atoms with van der Waals surface area (Å²) in [5.41, 5.74) is 1.86. The van der Waals surface area contributed by atoms with Crippen LogP contribution >= 0.6 is 27.3 Å². The van der Waals surface area contributed by atoms with Crippen LogP contribution in [0.5, 0.6) is 11.5 Å². The van der Waals surface area contributed by atoms with Crippen molar-refractivity contribution in [2.24, 2.45) is 23.7 Å². The number of hydrogen-bond donors (Lipinski definition) is 1. The molecule has 0 radical (unpaired) electrons. The summed E-state index contributed by atoms with van der Waals surface area (Å²) >= 11 is 5.00. The van der Waals surface area contributed by atoms with Crippen LogP contribution < -0.4 is 4.74 Å². The molecule has 246 valence electrons. The molecule has 4 aromatic rings. The number of benzene rings is 3. The number of rotatable bonds is 6. The SMILES string of the molecule is COc1cc([C@H]2C3=CC[C@@H]4C(=O)N(Cc5cccs5)C(=O)[C@@H]4[C@@H]3C[C@H]3C(=O)C(c4ccccc4)=CC(=O)[C@@]23c2ccccc2)cc(Br)c1O. The summed E-state index contributed by atoms with van der Waals surface area (Å²) < 4.78 is 5.96. The van der Waals surface area contributed by atoms with Crippen LogP contribution in [0, 0.1) is 23.7 Å². The number of fused-ring (bicyclic) bond motifs is 4. The van der Waals surface area contributed by atoms with Gasteiger partial charge in [-0.1, -0.05) is 78.4 Å². The number of carbonyl (C=O) groups is 4. The highest BCUT2D eigenvalue weighted by atomic mass is 79.9. The first-order valence-electron chi connectivity index (χ1n) is 16.3. The normalized spacial score (nSPS) is 27.6. The predicted molar refractivity (Wildman–Crippen MR) is 189 cm³/mol. The van der Waals surface area contributed by atoms with Gasteiger partial charge in [-0.05, 0) is 81.0 Å². The second kappa shape index (κ2) is 12.1. The second-order valence-corrected chi connectivity index (χ2v) is 15.1. The first-order chi connectivity index (χ1) is 23.7. The van der Waals surface area contributed by atoms with E-state index in [1.165, 1.54) is 29.4 Å².